The summed E-state index contributed by atoms with van der Waals surface area (Å²) in [6.45, 7) is 0. The molecule has 0 aromatic heterocycles. The van der Waals surface area contributed by atoms with E-state index in [9.17, 15) is 0 Å². The highest BCUT2D eigenvalue weighted by atomic mass is 32.1. The molecule has 0 N–H and O–H groups in total. The van der Waals surface area contributed by atoms with Crippen molar-refractivity contribution >= 4 is 35.8 Å². The van der Waals surface area contributed by atoms with Gasteiger partial charge in [-0.25, -0.2) is 0 Å². The average molecular weight is 183 g/mol. The van der Waals surface area contributed by atoms with E-state index < -0.39 is 0 Å². The van der Waals surface area contributed by atoms with E-state index in [2.05, 4.69) is 36.4 Å². The molecule has 1 aromatic carbocycles. The molecule has 0 bridgehead atoms. The van der Waals surface area contributed by atoms with E-state index in [0.717, 1.165) is 4.91 Å². The van der Waals surface area contributed by atoms with Crippen LogP contribution in [0.15, 0.2) is 24.3 Å². The maximum absolute atomic E-state index is 5.28. The SMILES string of the molecule is [S]C1=c2c(ccc3c2=CC=C3)C=C1. The summed E-state index contributed by atoms with van der Waals surface area (Å²) in [7, 11) is 0. The zero-order valence-electron chi connectivity index (χ0n) is 6.95. The fourth-order valence-corrected chi connectivity index (χ4v) is 2.18. The van der Waals surface area contributed by atoms with Crippen LogP contribution in [0.5, 0.6) is 0 Å². The summed E-state index contributed by atoms with van der Waals surface area (Å²) in [6, 6.07) is 4.28. The molecule has 1 aromatic rings. The van der Waals surface area contributed by atoms with Gasteiger partial charge in [0.25, 0.3) is 0 Å². The summed E-state index contributed by atoms with van der Waals surface area (Å²) >= 11 is 5.28. The Balaban J connectivity index is 2.61. The van der Waals surface area contributed by atoms with Gasteiger partial charge in [-0.3, -0.25) is 0 Å². The monoisotopic (exact) mass is 183 g/mol. The number of hydrogen-bond donors (Lipinski definition) is 0. The highest BCUT2D eigenvalue weighted by Gasteiger charge is 2.07. The minimum absolute atomic E-state index is 0.965. The number of benzene rings is 1. The third-order valence-corrected chi connectivity index (χ3v) is 2.85. The first-order valence-electron chi connectivity index (χ1n) is 4.27. The van der Waals surface area contributed by atoms with Gasteiger partial charge < -0.3 is 0 Å². The van der Waals surface area contributed by atoms with E-state index in [0.29, 0.717) is 0 Å². The first-order chi connectivity index (χ1) is 6.36. The van der Waals surface area contributed by atoms with Crippen LogP contribution in [0, 0.1) is 0 Å². The van der Waals surface area contributed by atoms with Gasteiger partial charge in [0.1, 0.15) is 0 Å². The molecule has 0 aliphatic heterocycles. The molecule has 0 saturated heterocycles. The molecule has 3 rings (SSSR count). The van der Waals surface area contributed by atoms with Crippen LogP contribution in [0.2, 0.25) is 0 Å². The van der Waals surface area contributed by atoms with Crippen LogP contribution < -0.4 is 10.4 Å². The summed E-state index contributed by atoms with van der Waals surface area (Å²) in [5.74, 6) is 0. The lowest BCUT2D eigenvalue weighted by Crippen LogP contribution is -2.28. The van der Waals surface area contributed by atoms with Crippen LogP contribution in [0.25, 0.3) is 23.1 Å². The van der Waals surface area contributed by atoms with E-state index in [1.165, 1.54) is 21.6 Å². The van der Waals surface area contributed by atoms with Gasteiger partial charge in [-0.1, -0.05) is 49.1 Å². The first-order valence-corrected chi connectivity index (χ1v) is 4.68. The Bertz CT molecular complexity index is 560. The molecule has 0 saturated carbocycles. The van der Waals surface area contributed by atoms with Crippen LogP contribution in [0.1, 0.15) is 11.1 Å². The highest BCUT2D eigenvalue weighted by Crippen LogP contribution is 2.13. The lowest BCUT2D eigenvalue weighted by atomic mass is 10.1. The Hall–Kier alpha value is -1.34. The molecule has 0 atom stereocenters. The Labute approximate surface area is 82.0 Å². The van der Waals surface area contributed by atoms with Crippen LogP contribution in [-0.4, -0.2) is 0 Å². The van der Waals surface area contributed by atoms with Crippen molar-refractivity contribution in [2.75, 3.05) is 0 Å². The summed E-state index contributed by atoms with van der Waals surface area (Å²) < 4.78 is 0. The quantitative estimate of drug-likeness (QED) is 0.575. The summed E-state index contributed by atoms with van der Waals surface area (Å²) in [4.78, 5) is 0.965. The van der Waals surface area contributed by atoms with Crippen molar-refractivity contribution in [1.29, 1.82) is 0 Å². The number of allylic oxidation sites excluding steroid dienone is 1. The maximum atomic E-state index is 5.28. The molecule has 1 radical (unpaired) electrons. The largest absolute Gasteiger partial charge is 0.0794 e. The first kappa shape index (κ1) is 7.10. The molecule has 2 aliphatic carbocycles. The van der Waals surface area contributed by atoms with Gasteiger partial charge in [-0.2, -0.15) is 0 Å². The van der Waals surface area contributed by atoms with Crippen LogP contribution in [-0.2, 0) is 0 Å². The van der Waals surface area contributed by atoms with Crippen molar-refractivity contribution in [3.05, 3.63) is 45.8 Å². The third kappa shape index (κ3) is 0.850. The van der Waals surface area contributed by atoms with Crippen LogP contribution in [0.3, 0.4) is 0 Å². The van der Waals surface area contributed by atoms with Crippen molar-refractivity contribution < 1.29 is 0 Å². The van der Waals surface area contributed by atoms with Gasteiger partial charge in [-0.15, -0.1) is 0 Å². The summed E-state index contributed by atoms with van der Waals surface area (Å²) in [5.41, 5.74) is 2.54. The lowest BCUT2D eigenvalue weighted by molar-refractivity contribution is 1.49. The molecule has 0 amide bonds. The van der Waals surface area contributed by atoms with Gasteiger partial charge in [0.15, 0.2) is 0 Å². The fourth-order valence-electron chi connectivity index (χ4n) is 1.89. The summed E-state index contributed by atoms with van der Waals surface area (Å²) in [5, 5.41) is 2.52. The standard InChI is InChI=1S/C12H7S/c13-11-7-6-9-5-4-8-2-1-3-10(8)12(9)11/h1-7H. The van der Waals surface area contributed by atoms with Crippen molar-refractivity contribution in [3.63, 3.8) is 0 Å². The molecule has 61 valence electrons. The Kier molecular flexibility index (Phi) is 1.27. The Morgan fingerprint density at radius 2 is 1.77 bits per heavy atom. The van der Waals surface area contributed by atoms with E-state index in [1.54, 1.807) is 0 Å². The van der Waals surface area contributed by atoms with Crippen molar-refractivity contribution in [2.45, 2.75) is 0 Å². The molecular weight excluding hydrogens is 176 g/mol. The van der Waals surface area contributed by atoms with Crippen LogP contribution >= 0.6 is 12.6 Å². The van der Waals surface area contributed by atoms with E-state index in [-0.39, 0.29) is 0 Å². The molecular formula is C12H7S. The molecule has 1 heteroatoms. The van der Waals surface area contributed by atoms with Crippen molar-refractivity contribution in [2.24, 2.45) is 0 Å². The Morgan fingerprint density at radius 3 is 2.69 bits per heavy atom. The molecule has 0 spiro atoms. The summed E-state index contributed by atoms with van der Waals surface area (Å²) in [6.07, 6.45) is 10.4. The molecule has 0 unspecified atom stereocenters. The fraction of sp³-hybridized carbons (Fsp3) is 0. The average Bonchev–Trinajstić information content (AvgIpc) is 2.70. The second-order valence-electron chi connectivity index (χ2n) is 3.26. The predicted octanol–water partition coefficient (Wildman–Crippen LogP) is 1.83. The number of rotatable bonds is 0. The van der Waals surface area contributed by atoms with Gasteiger partial charge >= 0.3 is 0 Å². The van der Waals surface area contributed by atoms with Gasteiger partial charge in [0.2, 0.25) is 0 Å². The highest BCUT2D eigenvalue weighted by molar-refractivity contribution is 7.90. The molecule has 2 aliphatic rings. The predicted molar refractivity (Wildman–Crippen MR) is 59.2 cm³/mol. The Morgan fingerprint density at radius 1 is 0.923 bits per heavy atom. The zero-order valence-corrected chi connectivity index (χ0v) is 7.77. The number of fused-ring (bicyclic) bond motifs is 3. The minimum atomic E-state index is 0.965. The topological polar surface area (TPSA) is 0 Å². The second kappa shape index (κ2) is 2.33. The van der Waals surface area contributed by atoms with Crippen molar-refractivity contribution in [3.8, 4) is 0 Å². The molecule has 0 nitrogen and oxygen atoms in total. The second-order valence-corrected chi connectivity index (χ2v) is 3.70. The van der Waals surface area contributed by atoms with Crippen LogP contribution in [0.4, 0.5) is 0 Å². The molecule has 13 heavy (non-hydrogen) atoms. The van der Waals surface area contributed by atoms with Gasteiger partial charge in [0.05, 0.1) is 0 Å². The maximum Gasteiger partial charge on any atom is 0.0461 e. The van der Waals surface area contributed by atoms with E-state index >= 15 is 0 Å². The van der Waals surface area contributed by atoms with Gasteiger partial charge in [0, 0.05) is 10.1 Å². The smallest absolute Gasteiger partial charge is 0.0461 e. The van der Waals surface area contributed by atoms with E-state index in [1.807, 2.05) is 6.08 Å². The van der Waals surface area contributed by atoms with E-state index in [4.69, 9.17) is 12.6 Å². The third-order valence-electron chi connectivity index (χ3n) is 2.51. The molecule has 0 heterocycles. The lowest BCUT2D eigenvalue weighted by Gasteiger charge is -1.96. The normalized spacial score (nSPS) is 15.8. The van der Waals surface area contributed by atoms with Crippen molar-refractivity contribution in [1.82, 2.24) is 0 Å². The van der Waals surface area contributed by atoms with Gasteiger partial charge in [-0.05, 0) is 22.4 Å². The zero-order chi connectivity index (χ0) is 8.84. The minimum Gasteiger partial charge on any atom is -0.0794 e. The molecule has 0 fully saturated rings. The number of hydrogen-bond acceptors (Lipinski definition) is 0.